The Morgan fingerprint density at radius 3 is 2.63 bits per heavy atom. The number of nitrogens with one attached hydrogen (secondary N) is 1. The van der Waals surface area contributed by atoms with Gasteiger partial charge in [-0.15, -0.1) is 0 Å². The van der Waals surface area contributed by atoms with Crippen molar-refractivity contribution in [2.45, 2.75) is 11.4 Å². The lowest BCUT2D eigenvalue weighted by atomic mass is 10.2. The number of benzene rings is 2. The second kappa shape index (κ2) is 7.95. The van der Waals surface area contributed by atoms with Gasteiger partial charge in [0.15, 0.2) is 0 Å². The van der Waals surface area contributed by atoms with Crippen molar-refractivity contribution in [1.29, 1.82) is 0 Å². The predicted octanol–water partition coefficient (Wildman–Crippen LogP) is 2.89. The van der Waals surface area contributed by atoms with Crippen molar-refractivity contribution in [3.8, 4) is 22.9 Å². The Labute approximate surface area is 161 Å². The van der Waals surface area contributed by atoms with E-state index in [1.807, 2.05) is 0 Å². The van der Waals surface area contributed by atoms with Crippen LogP contribution in [0.5, 0.6) is 11.5 Å². The molecule has 8 nitrogen and oxygen atoms in total. The summed E-state index contributed by atoms with van der Waals surface area (Å²) in [7, 11) is -1.08. The first-order chi connectivity index (χ1) is 12.9. The van der Waals surface area contributed by atoms with E-state index in [2.05, 4.69) is 14.9 Å². The quantitative estimate of drug-likeness (QED) is 0.639. The second-order valence-electron chi connectivity index (χ2n) is 5.33. The Morgan fingerprint density at radius 1 is 1.15 bits per heavy atom. The van der Waals surface area contributed by atoms with Crippen molar-refractivity contribution in [1.82, 2.24) is 14.9 Å². The third-order valence-corrected chi connectivity index (χ3v) is 5.41. The van der Waals surface area contributed by atoms with E-state index in [1.54, 1.807) is 30.3 Å². The zero-order valence-corrected chi connectivity index (χ0v) is 16.0. The first kappa shape index (κ1) is 19.2. The van der Waals surface area contributed by atoms with E-state index in [0.717, 1.165) is 0 Å². The van der Waals surface area contributed by atoms with Gasteiger partial charge in [0.05, 0.1) is 25.8 Å². The molecule has 0 atom stereocenters. The number of nitrogens with zero attached hydrogens (tertiary/aromatic N) is 2. The minimum absolute atomic E-state index is 0.0600. The summed E-state index contributed by atoms with van der Waals surface area (Å²) in [6.45, 7) is -0.194. The molecule has 142 valence electrons. The molecular weight excluding hydrogens is 394 g/mol. The molecule has 1 heterocycles. The van der Waals surface area contributed by atoms with Crippen LogP contribution in [0.15, 0.2) is 51.9 Å². The van der Waals surface area contributed by atoms with Crippen molar-refractivity contribution >= 4 is 21.6 Å². The summed E-state index contributed by atoms with van der Waals surface area (Å²) >= 11 is 6.10. The fraction of sp³-hybridized carbons (Fsp3) is 0.176. The van der Waals surface area contributed by atoms with Gasteiger partial charge < -0.3 is 14.0 Å². The van der Waals surface area contributed by atoms with Gasteiger partial charge >= 0.3 is 0 Å². The standard InChI is InChI=1S/C17H16ClN3O5S/c1-24-11-7-8-14(25-2)15(9-11)27(22,23)19-10-16-20-17(21-26-16)12-5-3-4-6-13(12)18/h3-9,19H,10H2,1-2H3. The Hall–Kier alpha value is -2.62. The Balaban J connectivity index is 1.80. The van der Waals surface area contributed by atoms with Crippen molar-refractivity contribution < 1.29 is 22.4 Å². The highest BCUT2D eigenvalue weighted by atomic mass is 35.5. The third-order valence-electron chi connectivity index (χ3n) is 3.66. The van der Waals surface area contributed by atoms with E-state index >= 15 is 0 Å². The van der Waals surface area contributed by atoms with E-state index < -0.39 is 10.0 Å². The van der Waals surface area contributed by atoms with E-state index in [0.29, 0.717) is 16.3 Å². The van der Waals surface area contributed by atoms with Gasteiger partial charge in [0.1, 0.15) is 16.4 Å². The van der Waals surface area contributed by atoms with Gasteiger partial charge in [-0.25, -0.2) is 13.1 Å². The molecule has 0 bridgehead atoms. The topological polar surface area (TPSA) is 104 Å². The summed E-state index contributed by atoms with van der Waals surface area (Å²) < 4.78 is 43.0. The third kappa shape index (κ3) is 4.21. The SMILES string of the molecule is COc1ccc(OC)c(S(=O)(=O)NCc2nc(-c3ccccc3Cl)no2)c1. The molecule has 0 saturated heterocycles. The largest absolute Gasteiger partial charge is 0.497 e. The van der Waals surface area contributed by atoms with E-state index in [4.69, 9.17) is 25.6 Å². The molecule has 0 radical (unpaired) electrons. The minimum atomic E-state index is -3.91. The van der Waals surface area contributed by atoms with Crippen molar-refractivity contribution in [2.75, 3.05) is 14.2 Å². The maximum absolute atomic E-state index is 12.6. The molecule has 0 amide bonds. The fourth-order valence-electron chi connectivity index (χ4n) is 2.31. The first-order valence-corrected chi connectivity index (χ1v) is 9.60. The second-order valence-corrected chi connectivity index (χ2v) is 7.48. The number of rotatable bonds is 7. The van der Waals surface area contributed by atoms with E-state index in [9.17, 15) is 8.42 Å². The van der Waals surface area contributed by atoms with Gasteiger partial charge in [-0.1, -0.05) is 28.9 Å². The normalized spacial score (nSPS) is 11.4. The van der Waals surface area contributed by atoms with Crippen LogP contribution in [-0.4, -0.2) is 32.8 Å². The molecule has 0 spiro atoms. The summed E-state index contributed by atoms with van der Waals surface area (Å²) in [5.41, 5.74) is 0.589. The number of aromatic nitrogens is 2. The van der Waals surface area contributed by atoms with E-state index in [1.165, 1.54) is 26.4 Å². The van der Waals surface area contributed by atoms with Crippen LogP contribution in [0.25, 0.3) is 11.4 Å². The molecule has 27 heavy (non-hydrogen) atoms. The van der Waals surface area contributed by atoms with Crippen LogP contribution in [-0.2, 0) is 16.6 Å². The molecule has 1 aromatic heterocycles. The minimum Gasteiger partial charge on any atom is -0.497 e. The summed E-state index contributed by atoms with van der Waals surface area (Å²) in [5.74, 6) is 0.935. The van der Waals surface area contributed by atoms with Crippen LogP contribution in [0.2, 0.25) is 5.02 Å². The summed E-state index contributed by atoms with van der Waals surface area (Å²) in [6.07, 6.45) is 0. The smallest absolute Gasteiger partial charge is 0.244 e. The fourth-order valence-corrected chi connectivity index (χ4v) is 3.68. The Kier molecular flexibility index (Phi) is 5.64. The molecule has 1 N–H and O–H groups in total. The molecule has 0 aliphatic carbocycles. The van der Waals surface area contributed by atoms with Gasteiger partial charge in [-0.2, -0.15) is 4.98 Å². The molecule has 0 aliphatic rings. The molecule has 0 fully saturated rings. The Morgan fingerprint density at radius 2 is 1.93 bits per heavy atom. The van der Waals surface area contributed by atoms with Gasteiger partial charge in [0.2, 0.25) is 21.7 Å². The van der Waals surface area contributed by atoms with Crippen LogP contribution < -0.4 is 14.2 Å². The molecule has 0 aliphatic heterocycles. The van der Waals surface area contributed by atoms with Crippen molar-refractivity contribution in [3.05, 3.63) is 53.4 Å². The molecule has 2 aromatic carbocycles. The van der Waals surface area contributed by atoms with Crippen LogP contribution in [0, 0.1) is 0 Å². The van der Waals surface area contributed by atoms with E-state index in [-0.39, 0.29) is 28.9 Å². The number of halogens is 1. The lowest BCUT2D eigenvalue weighted by Gasteiger charge is -2.11. The van der Waals surface area contributed by atoms with Gasteiger partial charge in [0.25, 0.3) is 0 Å². The molecule has 0 saturated carbocycles. The van der Waals surface area contributed by atoms with Crippen molar-refractivity contribution in [3.63, 3.8) is 0 Å². The number of hydrogen-bond acceptors (Lipinski definition) is 7. The highest BCUT2D eigenvalue weighted by Crippen LogP contribution is 2.28. The number of sulfonamides is 1. The maximum Gasteiger partial charge on any atom is 0.244 e. The molecule has 3 rings (SSSR count). The average Bonchev–Trinajstić information content (AvgIpc) is 3.15. The highest BCUT2D eigenvalue weighted by molar-refractivity contribution is 7.89. The molecule has 10 heteroatoms. The number of methoxy groups -OCH3 is 2. The summed E-state index contributed by atoms with van der Waals surface area (Å²) in [5, 5.41) is 4.30. The van der Waals surface area contributed by atoms with Crippen molar-refractivity contribution in [2.24, 2.45) is 0 Å². The molecular formula is C17H16ClN3O5S. The maximum atomic E-state index is 12.6. The predicted molar refractivity (Wildman–Crippen MR) is 98.3 cm³/mol. The first-order valence-electron chi connectivity index (χ1n) is 7.74. The molecule has 0 unspecified atom stereocenters. The monoisotopic (exact) mass is 409 g/mol. The summed E-state index contributed by atoms with van der Waals surface area (Å²) in [6, 6.07) is 11.5. The average molecular weight is 410 g/mol. The van der Waals surface area contributed by atoms with Crippen LogP contribution in [0.3, 0.4) is 0 Å². The van der Waals surface area contributed by atoms with Crippen LogP contribution in [0.1, 0.15) is 5.89 Å². The zero-order chi connectivity index (χ0) is 19.4. The highest BCUT2D eigenvalue weighted by Gasteiger charge is 2.22. The Bertz CT molecular complexity index is 1050. The van der Waals surface area contributed by atoms with Gasteiger partial charge in [-0.3, -0.25) is 0 Å². The zero-order valence-electron chi connectivity index (χ0n) is 14.5. The summed E-state index contributed by atoms with van der Waals surface area (Å²) in [4.78, 5) is 4.11. The van der Waals surface area contributed by atoms with Crippen LogP contribution >= 0.6 is 11.6 Å². The van der Waals surface area contributed by atoms with Gasteiger partial charge in [-0.05, 0) is 24.3 Å². The van der Waals surface area contributed by atoms with Crippen LogP contribution in [0.4, 0.5) is 0 Å². The number of hydrogen-bond donors (Lipinski definition) is 1. The van der Waals surface area contributed by atoms with Gasteiger partial charge in [0, 0.05) is 11.6 Å². The lowest BCUT2D eigenvalue weighted by Crippen LogP contribution is -2.24. The lowest BCUT2D eigenvalue weighted by molar-refractivity contribution is 0.375. The molecule has 3 aromatic rings. The number of ether oxygens (including phenoxy) is 2.